The number of hydrogen-bond acceptors (Lipinski definition) is 5. The molecule has 1 aromatic carbocycles. The Hall–Kier alpha value is -2.96. The Kier molecular flexibility index (Phi) is 7.24. The summed E-state index contributed by atoms with van der Waals surface area (Å²) in [6, 6.07) is 6.52. The van der Waals surface area contributed by atoms with Crippen LogP contribution in [0.25, 0.3) is 27.7 Å². The number of aromatic nitrogens is 6. The highest BCUT2D eigenvalue weighted by atomic mass is 15.4. The molecule has 7 heteroatoms. The highest BCUT2D eigenvalue weighted by molar-refractivity contribution is 5.90. The first-order valence-electron chi connectivity index (χ1n) is 14.2. The Morgan fingerprint density at radius 1 is 1.00 bits per heavy atom. The second kappa shape index (κ2) is 10.4. The van der Waals surface area contributed by atoms with E-state index in [1.165, 1.54) is 57.8 Å². The van der Waals surface area contributed by atoms with Gasteiger partial charge in [0.15, 0.2) is 5.65 Å². The molecule has 0 spiro atoms. The van der Waals surface area contributed by atoms with Crippen molar-refractivity contribution in [3.8, 4) is 11.1 Å². The second-order valence-corrected chi connectivity index (χ2v) is 11.7. The zero-order chi connectivity index (χ0) is 26.2. The van der Waals surface area contributed by atoms with Gasteiger partial charge in [0.25, 0.3) is 0 Å². The molecule has 3 heterocycles. The Labute approximate surface area is 221 Å². The average molecular weight is 502 g/mol. The summed E-state index contributed by atoms with van der Waals surface area (Å²) in [6.07, 6.45) is 12.0. The molecule has 0 saturated heterocycles. The first kappa shape index (κ1) is 25.7. The predicted octanol–water partition coefficient (Wildman–Crippen LogP) is 7.18. The molecule has 198 valence electrons. The smallest absolute Gasteiger partial charge is 0.227 e. The minimum absolute atomic E-state index is 0.498. The largest absolute Gasteiger partial charge is 0.354 e. The van der Waals surface area contributed by atoms with Gasteiger partial charge in [0.1, 0.15) is 5.82 Å². The van der Waals surface area contributed by atoms with Crippen molar-refractivity contribution in [3.63, 3.8) is 0 Å². The lowest BCUT2D eigenvalue weighted by atomic mass is 9.76. The van der Waals surface area contributed by atoms with Crippen LogP contribution in [0.5, 0.6) is 0 Å². The van der Waals surface area contributed by atoms with Gasteiger partial charge in [-0.1, -0.05) is 45.6 Å². The minimum atomic E-state index is 0.498. The fraction of sp³-hybridized carbons (Fsp3) is 0.600. The Morgan fingerprint density at radius 3 is 2.65 bits per heavy atom. The van der Waals surface area contributed by atoms with E-state index in [1.54, 1.807) is 0 Å². The van der Waals surface area contributed by atoms with Gasteiger partial charge >= 0.3 is 0 Å². The van der Waals surface area contributed by atoms with Crippen LogP contribution in [0.15, 0.2) is 18.2 Å². The van der Waals surface area contributed by atoms with Gasteiger partial charge in [-0.2, -0.15) is 19.7 Å². The van der Waals surface area contributed by atoms with E-state index in [0.717, 1.165) is 57.4 Å². The van der Waals surface area contributed by atoms with Crippen LogP contribution in [0.3, 0.4) is 0 Å². The van der Waals surface area contributed by atoms with Gasteiger partial charge < -0.3 is 5.32 Å². The number of benzene rings is 1. The fourth-order valence-corrected chi connectivity index (χ4v) is 6.47. The minimum Gasteiger partial charge on any atom is -0.354 e. The van der Waals surface area contributed by atoms with Crippen LogP contribution in [-0.2, 0) is 7.05 Å². The van der Waals surface area contributed by atoms with E-state index in [4.69, 9.17) is 15.1 Å². The van der Waals surface area contributed by atoms with E-state index < -0.39 is 0 Å². The van der Waals surface area contributed by atoms with E-state index in [1.807, 2.05) is 23.2 Å². The summed E-state index contributed by atoms with van der Waals surface area (Å²) in [6.45, 7) is 11.9. The molecule has 7 nitrogen and oxygen atoms in total. The molecule has 2 atom stereocenters. The first-order valence-corrected chi connectivity index (χ1v) is 14.2. The molecule has 5 rings (SSSR count). The Balaban J connectivity index is 1.42. The number of hydrogen-bond donors (Lipinski definition) is 1. The van der Waals surface area contributed by atoms with Crippen molar-refractivity contribution in [2.75, 3.05) is 11.9 Å². The lowest BCUT2D eigenvalue weighted by Gasteiger charge is -2.30. The van der Waals surface area contributed by atoms with Crippen molar-refractivity contribution in [2.45, 2.75) is 92.4 Å². The number of rotatable bonds is 6. The molecule has 37 heavy (non-hydrogen) atoms. The maximum atomic E-state index is 4.91. The fourth-order valence-electron chi connectivity index (χ4n) is 6.47. The van der Waals surface area contributed by atoms with Crippen molar-refractivity contribution in [2.24, 2.45) is 18.4 Å². The summed E-state index contributed by atoms with van der Waals surface area (Å²) in [5.74, 6) is 2.22. The predicted molar refractivity (Wildman–Crippen MR) is 152 cm³/mol. The van der Waals surface area contributed by atoms with Crippen molar-refractivity contribution in [1.82, 2.24) is 29.4 Å². The average Bonchev–Trinajstić information content (AvgIpc) is 3.36. The second-order valence-electron chi connectivity index (χ2n) is 11.7. The Morgan fingerprint density at radius 2 is 1.84 bits per heavy atom. The van der Waals surface area contributed by atoms with Gasteiger partial charge in [0.2, 0.25) is 5.95 Å². The number of nitrogens with one attached hydrogen (secondary N) is 1. The summed E-state index contributed by atoms with van der Waals surface area (Å²) < 4.78 is 3.85. The van der Waals surface area contributed by atoms with Crippen LogP contribution in [0.4, 0.5) is 5.95 Å². The normalized spacial score (nSPS) is 21.2. The van der Waals surface area contributed by atoms with Crippen LogP contribution in [0.1, 0.15) is 88.8 Å². The van der Waals surface area contributed by atoms with Crippen molar-refractivity contribution in [3.05, 3.63) is 35.4 Å². The van der Waals surface area contributed by atoms with E-state index in [-0.39, 0.29) is 0 Å². The third-order valence-corrected chi connectivity index (χ3v) is 8.55. The maximum Gasteiger partial charge on any atom is 0.227 e. The number of anilines is 1. The van der Waals surface area contributed by atoms with Crippen molar-refractivity contribution in [1.29, 1.82) is 0 Å². The summed E-state index contributed by atoms with van der Waals surface area (Å²) in [7, 11) is 1.99. The van der Waals surface area contributed by atoms with Gasteiger partial charge in [0.05, 0.1) is 16.9 Å². The molecular formula is C30H43N7. The molecule has 4 aromatic rings. The molecule has 1 aliphatic carbocycles. The third-order valence-electron chi connectivity index (χ3n) is 8.55. The van der Waals surface area contributed by atoms with Gasteiger partial charge in [-0.25, -0.2) is 4.98 Å². The van der Waals surface area contributed by atoms with Crippen molar-refractivity contribution < 1.29 is 0 Å². The molecule has 0 amide bonds. The third kappa shape index (κ3) is 5.23. The molecule has 0 bridgehead atoms. The van der Waals surface area contributed by atoms with Gasteiger partial charge in [-0.05, 0) is 81.9 Å². The first-order chi connectivity index (χ1) is 17.8. The zero-order valence-electron chi connectivity index (χ0n) is 23.6. The molecule has 1 fully saturated rings. The number of fused-ring (bicyclic) bond motifs is 2. The van der Waals surface area contributed by atoms with Gasteiger partial charge in [0, 0.05) is 24.5 Å². The topological polar surface area (TPSA) is 72.9 Å². The Bertz CT molecular complexity index is 1400. The quantitative estimate of drug-likeness (QED) is 0.303. The lowest BCUT2D eigenvalue weighted by molar-refractivity contribution is 0.225. The lowest BCUT2D eigenvalue weighted by Crippen LogP contribution is -2.21. The summed E-state index contributed by atoms with van der Waals surface area (Å²) in [4.78, 5) is 9.63. The highest BCUT2D eigenvalue weighted by Crippen LogP contribution is 2.38. The van der Waals surface area contributed by atoms with E-state index in [0.29, 0.717) is 11.3 Å². The van der Waals surface area contributed by atoms with E-state index >= 15 is 0 Å². The molecule has 2 unspecified atom stereocenters. The SMILES string of the molecule is CCCC1(C)CCCCCC(CNc2nc(C)nc3c(-c4ccc5c(c4)c(C)nn5C)c(C)nn23)CC1. The summed E-state index contributed by atoms with van der Waals surface area (Å²) >= 11 is 0. The van der Waals surface area contributed by atoms with E-state index in [9.17, 15) is 0 Å². The molecule has 1 N–H and O–H groups in total. The maximum absolute atomic E-state index is 4.91. The van der Waals surface area contributed by atoms with Gasteiger partial charge in [-0.3, -0.25) is 4.68 Å². The molecule has 1 saturated carbocycles. The van der Waals surface area contributed by atoms with Crippen LogP contribution in [-0.4, -0.2) is 35.9 Å². The van der Waals surface area contributed by atoms with Crippen LogP contribution in [0, 0.1) is 32.1 Å². The van der Waals surface area contributed by atoms with Crippen LogP contribution < -0.4 is 5.32 Å². The zero-order valence-corrected chi connectivity index (χ0v) is 23.6. The molecule has 3 aromatic heterocycles. The molecule has 0 radical (unpaired) electrons. The molecular weight excluding hydrogens is 458 g/mol. The molecule has 1 aliphatic rings. The summed E-state index contributed by atoms with van der Waals surface area (Å²) in [5.41, 5.74) is 6.67. The standard InChI is InChI=1S/C30H43N7/c1-7-15-30(5)16-10-8-9-11-23(14-17-30)19-31-29-33-22(4)32-28-27(21(3)35-37(28)29)24-12-13-26-25(18-24)20(2)34-36(26)6/h12-13,18,23H,7-11,14-17,19H2,1-6H3,(H,31,32,33). The highest BCUT2D eigenvalue weighted by Gasteiger charge is 2.26. The number of aryl methyl sites for hydroxylation is 4. The number of nitrogens with zero attached hydrogens (tertiary/aromatic N) is 6. The summed E-state index contributed by atoms with van der Waals surface area (Å²) in [5, 5.41) is 14.4. The monoisotopic (exact) mass is 501 g/mol. The van der Waals surface area contributed by atoms with Crippen LogP contribution in [0.2, 0.25) is 0 Å². The van der Waals surface area contributed by atoms with Crippen molar-refractivity contribution >= 4 is 22.5 Å². The van der Waals surface area contributed by atoms with Crippen LogP contribution >= 0.6 is 0 Å². The van der Waals surface area contributed by atoms with Gasteiger partial charge in [-0.15, -0.1) is 0 Å². The molecule has 0 aliphatic heterocycles. The van der Waals surface area contributed by atoms with E-state index in [2.05, 4.69) is 56.3 Å².